The van der Waals surface area contributed by atoms with E-state index in [1.807, 2.05) is 30.3 Å². The number of aromatic nitrogens is 3. The molecule has 23 heavy (non-hydrogen) atoms. The summed E-state index contributed by atoms with van der Waals surface area (Å²) < 4.78 is 5.43. The zero-order valence-electron chi connectivity index (χ0n) is 12.2. The van der Waals surface area contributed by atoms with Crippen LogP contribution in [-0.2, 0) is 11.2 Å². The Labute approximate surface area is 136 Å². The second kappa shape index (κ2) is 5.92. The lowest BCUT2D eigenvalue weighted by Gasteiger charge is -1.97. The molecule has 0 bridgehead atoms. The van der Waals surface area contributed by atoms with Gasteiger partial charge in [-0.2, -0.15) is 0 Å². The summed E-state index contributed by atoms with van der Waals surface area (Å²) in [5, 5.41) is 12.4. The van der Waals surface area contributed by atoms with E-state index in [0.717, 1.165) is 10.6 Å². The third-order valence-corrected chi connectivity index (χ3v) is 4.53. The molecular weight excluding hydrogens is 312 g/mol. The molecule has 116 valence electrons. The molecule has 3 aromatic rings. The molecule has 0 unspecified atom stereocenters. The molecule has 1 N–H and O–H groups in total. The highest BCUT2D eigenvalue weighted by atomic mass is 32.1. The molecular formula is C16H14N4O2S. The van der Waals surface area contributed by atoms with Crippen LogP contribution in [0.5, 0.6) is 0 Å². The van der Waals surface area contributed by atoms with Crippen LogP contribution in [0.1, 0.15) is 29.5 Å². The number of carbonyl (C=O) groups is 1. The fraction of sp³-hybridized carbons (Fsp3) is 0.250. The fourth-order valence-corrected chi connectivity index (χ4v) is 3.14. The Morgan fingerprint density at radius 1 is 1.26 bits per heavy atom. The van der Waals surface area contributed by atoms with Crippen molar-refractivity contribution >= 4 is 22.4 Å². The molecule has 0 radical (unpaired) electrons. The molecule has 1 aliphatic rings. The maximum Gasteiger partial charge on any atom is 0.232 e. The highest BCUT2D eigenvalue weighted by Crippen LogP contribution is 2.42. The predicted octanol–water partition coefficient (Wildman–Crippen LogP) is 3.25. The molecule has 1 saturated carbocycles. The van der Waals surface area contributed by atoms with Crippen LogP contribution in [0, 0.1) is 0 Å². The molecule has 4 rings (SSSR count). The molecule has 1 aliphatic carbocycles. The fourth-order valence-electron chi connectivity index (χ4n) is 2.21. The summed E-state index contributed by atoms with van der Waals surface area (Å²) in [6, 6.07) is 9.59. The second-order valence-corrected chi connectivity index (χ2v) is 6.46. The first-order valence-corrected chi connectivity index (χ1v) is 8.22. The van der Waals surface area contributed by atoms with Gasteiger partial charge >= 0.3 is 0 Å². The van der Waals surface area contributed by atoms with Gasteiger partial charge in [-0.05, 0) is 25.0 Å². The van der Waals surface area contributed by atoms with Crippen LogP contribution >= 0.6 is 11.3 Å². The number of nitrogens with one attached hydrogen (secondary N) is 1. The predicted molar refractivity (Wildman–Crippen MR) is 86.2 cm³/mol. The minimum Gasteiger partial charge on any atom is -0.444 e. The van der Waals surface area contributed by atoms with Gasteiger partial charge in [-0.1, -0.05) is 29.5 Å². The van der Waals surface area contributed by atoms with Gasteiger partial charge in [0, 0.05) is 11.5 Å². The van der Waals surface area contributed by atoms with Crippen LogP contribution in [0.25, 0.3) is 11.5 Å². The summed E-state index contributed by atoms with van der Waals surface area (Å²) in [7, 11) is 0. The summed E-state index contributed by atoms with van der Waals surface area (Å²) in [6.07, 6.45) is 4.00. The first-order valence-electron chi connectivity index (χ1n) is 7.41. The maximum absolute atomic E-state index is 12.1. The van der Waals surface area contributed by atoms with Crippen LogP contribution in [0.2, 0.25) is 0 Å². The Morgan fingerprint density at radius 2 is 2.09 bits per heavy atom. The quantitative estimate of drug-likeness (QED) is 0.778. The molecule has 2 aromatic heterocycles. The van der Waals surface area contributed by atoms with E-state index in [2.05, 4.69) is 20.5 Å². The highest BCUT2D eigenvalue weighted by Gasteiger charge is 2.27. The number of amides is 1. The monoisotopic (exact) mass is 326 g/mol. The van der Waals surface area contributed by atoms with Gasteiger partial charge in [-0.15, -0.1) is 10.2 Å². The van der Waals surface area contributed by atoms with Crippen molar-refractivity contribution in [1.29, 1.82) is 0 Å². The summed E-state index contributed by atoms with van der Waals surface area (Å²) in [6.45, 7) is 0. The van der Waals surface area contributed by atoms with Gasteiger partial charge in [0.05, 0.1) is 12.1 Å². The molecule has 0 saturated heterocycles. The van der Waals surface area contributed by atoms with E-state index in [4.69, 9.17) is 4.42 Å². The van der Waals surface area contributed by atoms with Gasteiger partial charge in [0.15, 0.2) is 0 Å². The first kappa shape index (κ1) is 14.1. The van der Waals surface area contributed by atoms with Gasteiger partial charge in [0.1, 0.15) is 11.3 Å². The largest absolute Gasteiger partial charge is 0.444 e. The molecule has 2 heterocycles. The van der Waals surface area contributed by atoms with Crippen molar-refractivity contribution in [2.75, 3.05) is 5.32 Å². The Morgan fingerprint density at radius 3 is 2.87 bits per heavy atom. The van der Waals surface area contributed by atoms with Crippen LogP contribution < -0.4 is 5.32 Å². The smallest absolute Gasteiger partial charge is 0.232 e. The van der Waals surface area contributed by atoms with Crippen LogP contribution in [0.3, 0.4) is 0 Å². The SMILES string of the molecule is O=C(Cc1coc(-c2ccccc2)n1)Nc1nnc(C2CC2)s1. The molecule has 1 aromatic carbocycles. The van der Waals surface area contributed by atoms with Gasteiger partial charge in [0.2, 0.25) is 16.9 Å². The van der Waals surface area contributed by atoms with Crippen LogP contribution in [0.4, 0.5) is 5.13 Å². The molecule has 0 atom stereocenters. The number of nitrogens with zero attached hydrogens (tertiary/aromatic N) is 3. The topological polar surface area (TPSA) is 80.9 Å². The van der Waals surface area contributed by atoms with Gasteiger partial charge in [0.25, 0.3) is 0 Å². The van der Waals surface area contributed by atoms with E-state index < -0.39 is 0 Å². The van der Waals surface area contributed by atoms with Crippen molar-refractivity contribution in [1.82, 2.24) is 15.2 Å². The number of hydrogen-bond acceptors (Lipinski definition) is 6. The summed E-state index contributed by atoms with van der Waals surface area (Å²) in [5.74, 6) is 0.888. The van der Waals surface area contributed by atoms with Gasteiger partial charge < -0.3 is 9.73 Å². The third kappa shape index (κ3) is 3.29. The minimum absolute atomic E-state index is 0.147. The Bertz CT molecular complexity index is 823. The lowest BCUT2D eigenvalue weighted by atomic mass is 10.2. The van der Waals surface area contributed by atoms with E-state index in [1.165, 1.54) is 30.4 Å². The van der Waals surface area contributed by atoms with Crippen molar-refractivity contribution in [2.24, 2.45) is 0 Å². The second-order valence-electron chi connectivity index (χ2n) is 5.45. The zero-order chi connectivity index (χ0) is 15.6. The maximum atomic E-state index is 12.1. The number of hydrogen-bond donors (Lipinski definition) is 1. The molecule has 6 nitrogen and oxygen atoms in total. The lowest BCUT2D eigenvalue weighted by Crippen LogP contribution is -2.14. The van der Waals surface area contributed by atoms with E-state index in [-0.39, 0.29) is 12.3 Å². The zero-order valence-corrected chi connectivity index (χ0v) is 13.0. The first-order chi connectivity index (χ1) is 11.3. The number of oxazole rings is 1. The van der Waals surface area contributed by atoms with Gasteiger partial charge in [-0.3, -0.25) is 4.79 Å². The van der Waals surface area contributed by atoms with Crippen molar-refractivity contribution in [2.45, 2.75) is 25.2 Å². The van der Waals surface area contributed by atoms with Gasteiger partial charge in [-0.25, -0.2) is 4.98 Å². The van der Waals surface area contributed by atoms with E-state index in [9.17, 15) is 4.79 Å². The number of benzene rings is 1. The Hall–Kier alpha value is -2.54. The van der Waals surface area contributed by atoms with E-state index in [1.54, 1.807) is 0 Å². The van der Waals surface area contributed by atoms with E-state index in [0.29, 0.717) is 22.6 Å². The summed E-state index contributed by atoms with van der Waals surface area (Å²) >= 11 is 1.45. The Balaban J connectivity index is 1.39. The third-order valence-electron chi connectivity index (χ3n) is 3.53. The average Bonchev–Trinajstić information content (AvgIpc) is 3.14. The normalized spacial score (nSPS) is 13.9. The number of anilines is 1. The number of carbonyl (C=O) groups excluding carboxylic acids is 1. The van der Waals surface area contributed by atoms with Crippen molar-refractivity contribution < 1.29 is 9.21 Å². The van der Waals surface area contributed by atoms with Crippen LogP contribution in [-0.4, -0.2) is 21.1 Å². The molecule has 0 aliphatic heterocycles. The standard InChI is InChI=1S/C16H14N4O2S/c21-13(18-16-20-19-15(23-16)11-6-7-11)8-12-9-22-14(17-12)10-4-2-1-3-5-10/h1-5,9,11H,6-8H2,(H,18,20,21). The van der Waals surface area contributed by atoms with Crippen molar-refractivity contribution in [3.8, 4) is 11.5 Å². The average molecular weight is 326 g/mol. The molecule has 1 fully saturated rings. The number of rotatable bonds is 5. The molecule has 1 amide bonds. The lowest BCUT2D eigenvalue weighted by molar-refractivity contribution is -0.115. The Kier molecular flexibility index (Phi) is 3.63. The minimum atomic E-state index is -0.170. The highest BCUT2D eigenvalue weighted by molar-refractivity contribution is 7.15. The molecule has 0 spiro atoms. The van der Waals surface area contributed by atoms with E-state index >= 15 is 0 Å². The summed E-state index contributed by atoms with van der Waals surface area (Å²) in [4.78, 5) is 16.4. The van der Waals surface area contributed by atoms with Crippen molar-refractivity contribution in [3.63, 3.8) is 0 Å². The molecule has 7 heteroatoms. The van der Waals surface area contributed by atoms with Crippen molar-refractivity contribution in [3.05, 3.63) is 47.3 Å². The summed E-state index contributed by atoms with van der Waals surface area (Å²) in [5.41, 5.74) is 1.48. The van der Waals surface area contributed by atoms with Crippen LogP contribution in [0.15, 0.2) is 41.0 Å².